The number of hydrogen-bond acceptors (Lipinski definition) is 1. The minimum absolute atomic E-state index is 0.241. The highest BCUT2D eigenvalue weighted by molar-refractivity contribution is 14.1. The third-order valence-electron chi connectivity index (χ3n) is 2.67. The van der Waals surface area contributed by atoms with Gasteiger partial charge in [-0.25, -0.2) is 9.37 Å². The largest absolute Gasteiger partial charge is 0.301 e. The van der Waals surface area contributed by atoms with Crippen molar-refractivity contribution in [2.45, 2.75) is 20.8 Å². The molecule has 0 aliphatic rings. The van der Waals surface area contributed by atoms with Crippen LogP contribution in [0.4, 0.5) is 4.39 Å². The molecule has 0 fully saturated rings. The van der Waals surface area contributed by atoms with E-state index in [4.69, 9.17) is 0 Å². The predicted octanol–water partition coefficient (Wildman–Crippen LogP) is 3.54. The van der Waals surface area contributed by atoms with Crippen molar-refractivity contribution in [3.8, 4) is 5.82 Å². The summed E-state index contributed by atoms with van der Waals surface area (Å²) in [5, 5.41) is 0. The topological polar surface area (TPSA) is 17.8 Å². The van der Waals surface area contributed by atoms with Crippen LogP contribution in [-0.4, -0.2) is 9.55 Å². The van der Waals surface area contributed by atoms with Crippen molar-refractivity contribution in [3.63, 3.8) is 0 Å². The van der Waals surface area contributed by atoms with Gasteiger partial charge in [0, 0.05) is 26.7 Å². The van der Waals surface area contributed by atoms with E-state index in [0.717, 1.165) is 15.0 Å². The van der Waals surface area contributed by atoms with Gasteiger partial charge in [-0.1, -0.05) is 0 Å². The first kappa shape index (κ1) is 11.6. The Labute approximate surface area is 108 Å². The molecule has 2 heterocycles. The molecule has 0 atom stereocenters. The van der Waals surface area contributed by atoms with Crippen molar-refractivity contribution in [2.24, 2.45) is 0 Å². The lowest BCUT2D eigenvalue weighted by Crippen LogP contribution is -2.06. The van der Waals surface area contributed by atoms with Gasteiger partial charge in [-0.05, 0) is 55.5 Å². The fraction of sp³-hybridized carbons (Fsp3) is 0.250. The van der Waals surface area contributed by atoms with Crippen molar-refractivity contribution in [2.75, 3.05) is 0 Å². The van der Waals surface area contributed by atoms with Gasteiger partial charge in [0.05, 0.1) is 0 Å². The van der Waals surface area contributed by atoms with Crippen LogP contribution < -0.4 is 0 Å². The van der Waals surface area contributed by atoms with Crippen LogP contribution >= 0.6 is 22.6 Å². The van der Waals surface area contributed by atoms with E-state index in [2.05, 4.69) is 27.6 Å². The Kier molecular flexibility index (Phi) is 3.01. The van der Waals surface area contributed by atoms with E-state index >= 15 is 0 Å². The molecule has 2 nitrogen and oxygen atoms in total. The molecule has 0 N–H and O–H groups in total. The molecule has 2 rings (SSSR count). The number of rotatable bonds is 1. The average molecular weight is 330 g/mol. The first-order valence-corrected chi connectivity index (χ1v) is 6.06. The van der Waals surface area contributed by atoms with E-state index in [1.54, 1.807) is 13.1 Å². The van der Waals surface area contributed by atoms with E-state index in [1.807, 2.05) is 30.5 Å². The Balaban J connectivity index is 2.71. The Bertz CT molecular complexity index is 527. The zero-order valence-corrected chi connectivity index (χ0v) is 11.5. The maximum absolute atomic E-state index is 14.1. The van der Waals surface area contributed by atoms with E-state index in [9.17, 15) is 4.39 Å². The van der Waals surface area contributed by atoms with Crippen LogP contribution in [0.15, 0.2) is 18.3 Å². The van der Waals surface area contributed by atoms with E-state index in [-0.39, 0.29) is 5.82 Å². The predicted molar refractivity (Wildman–Crippen MR) is 70.5 cm³/mol. The molecule has 0 aliphatic carbocycles. The third kappa shape index (κ3) is 1.75. The van der Waals surface area contributed by atoms with Crippen LogP contribution in [0.5, 0.6) is 0 Å². The van der Waals surface area contributed by atoms with Crippen LogP contribution in [0.25, 0.3) is 5.82 Å². The summed E-state index contributed by atoms with van der Waals surface area (Å²) in [7, 11) is 0. The molecule has 0 radical (unpaired) electrons. The number of hydrogen-bond donors (Lipinski definition) is 0. The first-order valence-electron chi connectivity index (χ1n) is 4.98. The standard InChI is InChI=1S/C12H12FIN2/c1-7-4-5-8(2)16(7)12-11(13)9(3)10(14)6-15-12/h4-6H,1-3H3. The third-order valence-corrected chi connectivity index (χ3v) is 3.75. The lowest BCUT2D eigenvalue weighted by Gasteiger charge is -2.11. The lowest BCUT2D eigenvalue weighted by molar-refractivity contribution is 0.596. The van der Waals surface area contributed by atoms with Crippen LogP contribution in [0, 0.1) is 30.2 Å². The molecule has 0 aliphatic heterocycles. The molecule has 0 bridgehead atoms. The van der Waals surface area contributed by atoms with Gasteiger partial charge in [0.25, 0.3) is 0 Å². The molecule has 16 heavy (non-hydrogen) atoms. The smallest absolute Gasteiger partial charge is 0.173 e. The Morgan fingerprint density at radius 2 is 1.75 bits per heavy atom. The van der Waals surface area contributed by atoms with Crippen LogP contribution in [0.1, 0.15) is 17.0 Å². The summed E-state index contributed by atoms with van der Waals surface area (Å²) >= 11 is 2.09. The molecule has 0 unspecified atom stereocenters. The SMILES string of the molecule is Cc1c(I)cnc(-n2c(C)ccc2C)c1F. The maximum atomic E-state index is 14.1. The number of nitrogens with zero attached hydrogens (tertiary/aromatic N) is 2. The summed E-state index contributed by atoms with van der Waals surface area (Å²) < 4.78 is 16.8. The molecule has 84 valence electrons. The number of pyridine rings is 1. The average Bonchev–Trinajstić information content (AvgIpc) is 2.57. The summed E-state index contributed by atoms with van der Waals surface area (Å²) in [5.41, 5.74) is 2.63. The second-order valence-corrected chi connectivity index (χ2v) is 4.98. The minimum Gasteiger partial charge on any atom is -0.301 e. The molecule has 0 aromatic carbocycles. The van der Waals surface area contributed by atoms with Crippen LogP contribution in [0.2, 0.25) is 0 Å². The van der Waals surface area contributed by atoms with Gasteiger partial charge in [0.2, 0.25) is 0 Å². The van der Waals surface area contributed by atoms with Gasteiger partial charge >= 0.3 is 0 Å². The number of aryl methyl sites for hydroxylation is 2. The molecular weight excluding hydrogens is 318 g/mol. The highest BCUT2D eigenvalue weighted by atomic mass is 127. The summed E-state index contributed by atoms with van der Waals surface area (Å²) in [6.07, 6.45) is 1.70. The van der Waals surface area contributed by atoms with Gasteiger partial charge in [-0.3, -0.25) is 0 Å². The van der Waals surface area contributed by atoms with Crippen molar-refractivity contribution < 1.29 is 4.39 Å². The van der Waals surface area contributed by atoms with Crippen LogP contribution in [0.3, 0.4) is 0 Å². The quantitative estimate of drug-likeness (QED) is 0.732. The number of halogens is 2. The molecule has 2 aromatic heterocycles. The van der Waals surface area contributed by atoms with E-state index < -0.39 is 0 Å². The fourth-order valence-electron chi connectivity index (χ4n) is 1.70. The molecule has 0 saturated carbocycles. The zero-order chi connectivity index (χ0) is 11.9. The Morgan fingerprint density at radius 3 is 2.31 bits per heavy atom. The summed E-state index contributed by atoms with van der Waals surface area (Å²) in [6.45, 7) is 5.67. The second kappa shape index (κ2) is 4.16. The van der Waals surface area contributed by atoms with Gasteiger partial charge in [-0.15, -0.1) is 0 Å². The molecular formula is C12H12FIN2. The summed E-state index contributed by atoms with van der Waals surface area (Å²) in [6, 6.07) is 3.92. The van der Waals surface area contributed by atoms with Crippen LogP contribution in [-0.2, 0) is 0 Å². The van der Waals surface area contributed by atoms with Gasteiger partial charge in [-0.2, -0.15) is 0 Å². The molecule has 4 heteroatoms. The van der Waals surface area contributed by atoms with Crippen molar-refractivity contribution in [1.29, 1.82) is 0 Å². The molecule has 0 spiro atoms. The highest BCUT2D eigenvalue weighted by Crippen LogP contribution is 2.22. The first-order chi connectivity index (χ1) is 7.52. The van der Waals surface area contributed by atoms with Gasteiger partial charge < -0.3 is 4.57 Å². The number of aromatic nitrogens is 2. The van der Waals surface area contributed by atoms with E-state index in [1.165, 1.54) is 0 Å². The normalized spacial score (nSPS) is 10.8. The van der Waals surface area contributed by atoms with Gasteiger partial charge in [0.15, 0.2) is 11.6 Å². The van der Waals surface area contributed by atoms with Crippen molar-refractivity contribution in [1.82, 2.24) is 9.55 Å². The molecule has 0 saturated heterocycles. The molecule has 2 aromatic rings. The minimum atomic E-state index is -0.241. The zero-order valence-electron chi connectivity index (χ0n) is 9.38. The fourth-order valence-corrected chi connectivity index (χ4v) is 2.08. The van der Waals surface area contributed by atoms with Gasteiger partial charge in [0.1, 0.15) is 0 Å². The summed E-state index contributed by atoms with van der Waals surface area (Å²) in [4.78, 5) is 4.18. The second-order valence-electron chi connectivity index (χ2n) is 3.82. The lowest BCUT2D eigenvalue weighted by atomic mass is 10.2. The Hall–Kier alpha value is -0.910. The summed E-state index contributed by atoms with van der Waals surface area (Å²) in [5.74, 6) is 0.146. The van der Waals surface area contributed by atoms with Crippen molar-refractivity contribution >= 4 is 22.6 Å². The Morgan fingerprint density at radius 1 is 1.19 bits per heavy atom. The molecule has 0 amide bonds. The maximum Gasteiger partial charge on any atom is 0.173 e. The van der Waals surface area contributed by atoms with E-state index in [0.29, 0.717) is 11.4 Å². The monoisotopic (exact) mass is 330 g/mol. The highest BCUT2D eigenvalue weighted by Gasteiger charge is 2.14. The van der Waals surface area contributed by atoms with Crippen molar-refractivity contribution in [3.05, 3.63) is 44.7 Å².